The molecule has 0 aliphatic heterocycles. The predicted octanol–water partition coefficient (Wildman–Crippen LogP) is 2.57. The van der Waals surface area contributed by atoms with Gasteiger partial charge in [-0.25, -0.2) is 8.42 Å². The van der Waals surface area contributed by atoms with E-state index in [1.165, 1.54) is 15.6 Å². The van der Waals surface area contributed by atoms with Gasteiger partial charge < -0.3 is 9.47 Å². The first-order chi connectivity index (χ1) is 9.52. The molecule has 0 aromatic carbocycles. The van der Waals surface area contributed by atoms with Crippen LogP contribution in [0.4, 0.5) is 0 Å². The molecule has 0 bridgehead atoms. The van der Waals surface area contributed by atoms with Gasteiger partial charge in [0, 0.05) is 26.3 Å². The van der Waals surface area contributed by atoms with Crippen LogP contribution in [0.1, 0.15) is 13.8 Å². The Hall–Kier alpha value is 0.01000. The molecule has 8 heteroatoms. The highest BCUT2D eigenvalue weighted by Gasteiger charge is 2.25. The van der Waals surface area contributed by atoms with Gasteiger partial charge in [-0.15, -0.1) is 11.3 Å². The summed E-state index contributed by atoms with van der Waals surface area (Å²) in [6.07, 6.45) is 0. The summed E-state index contributed by atoms with van der Waals surface area (Å²) in [7, 11) is -3.48. The second kappa shape index (κ2) is 9.11. The van der Waals surface area contributed by atoms with Crippen molar-refractivity contribution in [1.82, 2.24) is 4.31 Å². The van der Waals surface area contributed by atoms with Gasteiger partial charge in [0.15, 0.2) is 0 Å². The van der Waals surface area contributed by atoms with E-state index in [0.717, 1.165) is 3.79 Å². The molecule has 0 aliphatic rings. The van der Waals surface area contributed by atoms with Gasteiger partial charge in [0.1, 0.15) is 4.21 Å². The fourth-order valence-electron chi connectivity index (χ4n) is 1.54. The van der Waals surface area contributed by atoms with Gasteiger partial charge in [0.25, 0.3) is 10.0 Å². The van der Waals surface area contributed by atoms with Crippen LogP contribution in [-0.4, -0.2) is 52.2 Å². The summed E-state index contributed by atoms with van der Waals surface area (Å²) in [5, 5.41) is 0. The smallest absolute Gasteiger partial charge is 0.252 e. The summed E-state index contributed by atoms with van der Waals surface area (Å²) in [5.41, 5.74) is 0. The Morgan fingerprint density at radius 3 is 2.10 bits per heavy atom. The Balaban J connectivity index is 2.78. The molecular weight excluding hydrogens is 366 g/mol. The molecule has 0 spiro atoms. The molecule has 0 fully saturated rings. The van der Waals surface area contributed by atoms with Crippen LogP contribution >= 0.6 is 27.3 Å². The minimum atomic E-state index is -3.48. The van der Waals surface area contributed by atoms with Crippen LogP contribution in [0.5, 0.6) is 0 Å². The van der Waals surface area contributed by atoms with Gasteiger partial charge in [-0.1, -0.05) is 0 Å². The lowest BCUT2D eigenvalue weighted by Gasteiger charge is -2.21. The van der Waals surface area contributed by atoms with Gasteiger partial charge >= 0.3 is 0 Å². The second-order valence-corrected chi connectivity index (χ2v) is 8.48. The maximum absolute atomic E-state index is 12.5. The molecule has 5 nitrogen and oxygen atoms in total. The summed E-state index contributed by atoms with van der Waals surface area (Å²) in [4.78, 5) is 0. The normalized spacial score (nSPS) is 12.2. The summed E-state index contributed by atoms with van der Waals surface area (Å²) in [6, 6.07) is 3.35. The lowest BCUT2D eigenvalue weighted by atomic mass is 10.6. The number of hydrogen-bond donors (Lipinski definition) is 0. The fraction of sp³-hybridized carbons (Fsp3) is 0.667. The molecule has 0 saturated heterocycles. The molecule has 0 saturated carbocycles. The Bertz CT molecular complexity index is 479. The number of ether oxygens (including phenoxy) is 2. The van der Waals surface area contributed by atoms with E-state index in [0.29, 0.717) is 43.7 Å². The summed E-state index contributed by atoms with van der Waals surface area (Å²) >= 11 is 4.49. The van der Waals surface area contributed by atoms with Crippen LogP contribution in [0, 0.1) is 0 Å². The van der Waals surface area contributed by atoms with Gasteiger partial charge in [-0.05, 0) is 41.9 Å². The van der Waals surface area contributed by atoms with Crippen molar-refractivity contribution in [1.29, 1.82) is 0 Å². The molecule has 0 amide bonds. The van der Waals surface area contributed by atoms with Gasteiger partial charge in [-0.2, -0.15) is 4.31 Å². The molecule has 1 aromatic heterocycles. The van der Waals surface area contributed by atoms with Crippen molar-refractivity contribution in [2.24, 2.45) is 0 Å². The highest BCUT2D eigenvalue weighted by atomic mass is 79.9. The number of rotatable bonds is 10. The van der Waals surface area contributed by atoms with Crippen molar-refractivity contribution in [2.75, 3.05) is 39.5 Å². The zero-order chi connectivity index (χ0) is 15.0. The molecule has 1 aromatic rings. The summed E-state index contributed by atoms with van der Waals surface area (Å²) < 4.78 is 38.1. The predicted molar refractivity (Wildman–Crippen MR) is 83.8 cm³/mol. The van der Waals surface area contributed by atoms with Crippen molar-refractivity contribution in [3.63, 3.8) is 0 Å². The average Bonchev–Trinajstić information content (AvgIpc) is 2.84. The zero-order valence-corrected chi connectivity index (χ0v) is 14.9. The van der Waals surface area contributed by atoms with E-state index >= 15 is 0 Å². The van der Waals surface area contributed by atoms with Gasteiger partial charge in [-0.3, -0.25) is 0 Å². The number of halogens is 1. The van der Waals surface area contributed by atoms with E-state index in [4.69, 9.17) is 9.47 Å². The van der Waals surface area contributed by atoms with Crippen LogP contribution in [0.15, 0.2) is 20.1 Å². The first kappa shape index (κ1) is 18.1. The SMILES string of the molecule is CCOCCN(CCOCC)S(=O)(=O)c1ccc(Br)s1. The number of thiophene rings is 1. The van der Waals surface area contributed by atoms with E-state index in [1.54, 1.807) is 12.1 Å². The van der Waals surface area contributed by atoms with E-state index in [-0.39, 0.29) is 0 Å². The summed E-state index contributed by atoms with van der Waals surface area (Å²) in [6.45, 7) is 6.35. The third kappa shape index (κ3) is 5.42. The minimum Gasteiger partial charge on any atom is -0.380 e. The standard InChI is InChI=1S/C12H20BrNO4S2/c1-3-17-9-7-14(8-10-18-4-2)20(15,16)12-6-5-11(13)19-12/h5-6H,3-4,7-10H2,1-2H3. The van der Waals surface area contributed by atoms with E-state index < -0.39 is 10.0 Å². The van der Waals surface area contributed by atoms with Crippen molar-refractivity contribution in [2.45, 2.75) is 18.1 Å². The average molecular weight is 386 g/mol. The second-order valence-electron chi connectivity index (χ2n) is 3.86. The molecule has 20 heavy (non-hydrogen) atoms. The zero-order valence-electron chi connectivity index (χ0n) is 11.7. The number of nitrogens with zero attached hydrogens (tertiary/aromatic N) is 1. The fourth-order valence-corrected chi connectivity index (χ4v) is 5.11. The molecule has 0 atom stereocenters. The van der Waals surface area contributed by atoms with Crippen LogP contribution in [0.25, 0.3) is 0 Å². The lowest BCUT2D eigenvalue weighted by Crippen LogP contribution is -2.36. The van der Waals surface area contributed by atoms with Crippen molar-refractivity contribution in [3.05, 3.63) is 15.9 Å². The van der Waals surface area contributed by atoms with Crippen molar-refractivity contribution < 1.29 is 17.9 Å². The first-order valence-corrected chi connectivity index (χ1v) is 9.48. The summed E-state index contributed by atoms with van der Waals surface area (Å²) in [5.74, 6) is 0. The monoisotopic (exact) mass is 385 g/mol. The largest absolute Gasteiger partial charge is 0.380 e. The third-order valence-corrected chi connectivity index (χ3v) is 6.51. The topological polar surface area (TPSA) is 55.8 Å². The number of hydrogen-bond acceptors (Lipinski definition) is 5. The van der Waals surface area contributed by atoms with E-state index in [9.17, 15) is 8.42 Å². The minimum absolute atomic E-state index is 0.331. The molecule has 1 rings (SSSR count). The van der Waals surface area contributed by atoms with Gasteiger partial charge in [0.05, 0.1) is 17.0 Å². The molecular formula is C12H20BrNO4S2. The molecule has 0 radical (unpaired) electrons. The quantitative estimate of drug-likeness (QED) is 0.580. The first-order valence-electron chi connectivity index (χ1n) is 6.43. The highest BCUT2D eigenvalue weighted by molar-refractivity contribution is 9.11. The maximum Gasteiger partial charge on any atom is 0.252 e. The van der Waals surface area contributed by atoms with Gasteiger partial charge in [0.2, 0.25) is 0 Å². The molecule has 116 valence electrons. The van der Waals surface area contributed by atoms with Crippen LogP contribution in [-0.2, 0) is 19.5 Å². The molecule has 1 heterocycles. The molecule has 0 aliphatic carbocycles. The van der Waals surface area contributed by atoms with Crippen LogP contribution in [0.3, 0.4) is 0 Å². The Labute approximate surface area is 133 Å². The Morgan fingerprint density at radius 1 is 1.15 bits per heavy atom. The lowest BCUT2D eigenvalue weighted by molar-refractivity contribution is 0.110. The third-order valence-electron chi connectivity index (χ3n) is 2.52. The Kier molecular flexibility index (Phi) is 8.23. The van der Waals surface area contributed by atoms with Crippen molar-refractivity contribution >= 4 is 37.3 Å². The highest BCUT2D eigenvalue weighted by Crippen LogP contribution is 2.28. The molecule has 0 unspecified atom stereocenters. The van der Waals surface area contributed by atoms with E-state index in [1.807, 2.05) is 13.8 Å². The molecule has 0 N–H and O–H groups in total. The maximum atomic E-state index is 12.5. The van der Waals surface area contributed by atoms with Crippen molar-refractivity contribution in [3.8, 4) is 0 Å². The van der Waals surface area contributed by atoms with Crippen LogP contribution < -0.4 is 0 Å². The Morgan fingerprint density at radius 2 is 1.70 bits per heavy atom. The number of sulfonamides is 1. The van der Waals surface area contributed by atoms with E-state index in [2.05, 4.69) is 15.9 Å². The van der Waals surface area contributed by atoms with Crippen LogP contribution in [0.2, 0.25) is 0 Å².